The van der Waals surface area contributed by atoms with Crippen LogP contribution in [-0.2, 0) is 4.79 Å². The van der Waals surface area contributed by atoms with E-state index in [1.165, 1.54) is 12.3 Å². The minimum Gasteiger partial charge on any atom is -0.374 e. The van der Waals surface area contributed by atoms with Gasteiger partial charge < -0.3 is 15.5 Å². The van der Waals surface area contributed by atoms with E-state index in [9.17, 15) is 9.59 Å². The number of hydrogen-bond donors (Lipinski definition) is 2. The minimum atomic E-state index is -0.360. The van der Waals surface area contributed by atoms with E-state index < -0.39 is 0 Å². The predicted molar refractivity (Wildman–Crippen MR) is 128 cm³/mol. The first-order valence-electron chi connectivity index (χ1n) is 10.2. The highest BCUT2D eigenvalue weighted by Crippen LogP contribution is 2.29. The molecule has 1 aromatic carbocycles. The Labute approximate surface area is 192 Å². The van der Waals surface area contributed by atoms with E-state index >= 15 is 0 Å². The number of carbonyl (C=O) groups is 2. The Morgan fingerprint density at radius 1 is 1.19 bits per heavy atom. The summed E-state index contributed by atoms with van der Waals surface area (Å²) in [4.78, 5) is 34.9. The van der Waals surface area contributed by atoms with E-state index in [2.05, 4.69) is 31.4 Å². The number of benzene rings is 1. The molecule has 0 aliphatic rings. The molecule has 0 spiro atoms. The van der Waals surface area contributed by atoms with Crippen LogP contribution in [0, 0.1) is 12.3 Å². The number of para-hydroxylation sites is 1. The first-order valence-corrected chi connectivity index (χ1v) is 10.6. The number of fused-ring (bicyclic) bond motifs is 1. The molecule has 0 atom stereocenters. The number of hydrogen-bond acceptors (Lipinski definition) is 5. The third kappa shape index (κ3) is 5.96. The van der Waals surface area contributed by atoms with Gasteiger partial charge in [-0.15, -0.1) is 12.3 Å². The van der Waals surface area contributed by atoms with Crippen molar-refractivity contribution in [1.29, 1.82) is 0 Å². The van der Waals surface area contributed by atoms with Crippen LogP contribution in [0.3, 0.4) is 0 Å². The number of nitrogens with zero attached hydrogens (tertiary/aromatic N) is 3. The molecule has 2 aromatic heterocycles. The lowest BCUT2D eigenvalue weighted by molar-refractivity contribution is -0.120. The van der Waals surface area contributed by atoms with Gasteiger partial charge in [-0.05, 0) is 30.7 Å². The number of nitrogens with one attached hydrogen (secondary N) is 2. The quantitative estimate of drug-likeness (QED) is 0.382. The van der Waals surface area contributed by atoms with E-state index in [0.717, 1.165) is 24.0 Å². The Morgan fingerprint density at radius 3 is 2.78 bits per heavy atom. The lowest BCUT2D eigenvalue weighted by Crippen LogP contribution is -2.28. The topological polar surface area (TPSA) is 87.2 Å². The van der Waals surface area contributed by atoms with Crippen LogP contribution in [0.15, 0.2) is 48.8 Å². The summed E-state index contributed by atoms with van der Waals surface area (Å²) in [7, 11) is 1.98. The van der Waals surface area contributed by atoms with Crippen LogP contribution in [0.1, 0.15) is 29.8 Å². The van der Waals surface area contributed by atoms with Gasteiger partial charge in [-0.2, -0.15) is 0 Å². The molecule has 3 rings (SSSR count). The monoisotopic (exact) mass is 449 g/mol. The van der Waals surface area contributed by atoms with Gasteiger partial charge in [0.15, 0.2) is 0 Å². The van der Waals surface area contributed by atoms with Crippen molar-refractivity contribution >= 4 is 45.7 Å². The maximum Gasteiger partial charge on any atom is 0.274 e. The van der Waals surface area contributed by atoms with Crippen molar-refractivity contribution < 1.29 is 9.59 Å². The van der Waals surface area contributed by atoms with Gasteiger partial charge in [-0.25, -0.2) is 0 Å². The highest BCUT2D eigenvalue weighted by Gasteiger charge is 2.13. The third-order valence-electron chi connectivity index (χ3n) is 4.85. The van der Waals surface area contributed by atoms with Crippen LogP contribution in [0.25, 0.3) is 10.9 Å². The number of terminal acetylenes is 1. The van der Waals surface area contributed by atoms with E-state index in [1.807, 2.05) is 25.2 Å². The summed E-state index contributed by atoms with van der Waals surface area (Å²) in [5.41, 5.74) is 2.47. The number of anilines is 2. The SMILES string of the molecule is C#CCCC(=O)NCCCN(C)c1ccnc2c(NC(=O)c3cc(Cl)ccn3)cccc12. The highest BCUT2D eigenvalue weighted by molar-refractivity contribution is 6.31. The van der Waals surface area contributed by atoms with Crippen molar-refractivity contribution in [3.8, 4) is 12.3 Å². The maximum atomic E-state index is 12.6. The Morgan fingerprint density at radius 2 is 2.00 bits per heavy atom. The molecule has 0 aliphatic heterocycles. The standard InChI is InChI=1S/C24H24ClN5O2/c1-3-4-9-22(31)27-12-6-15-30(2)21-11-14-28-23-18(21)7-5-8-19(23)29-24(32)20-16-17(25)10-13-26-20/h1,5,7-8,10-11,13-14,16H,4,6,9,12,15H2,2H3,(H,27,31)(H,29,32). The average Bonchev–Trinajstić information content (AvgIpc) is 2.80. The second kappa shape index (κ2) is 11.1. The van der Waals surface area contributed by atoms with Crippen molar-refractivity contribution in [2.24, 2.45) is 0 Å². The Kier molecular flexibility index (Phi) is 8.01. The van der Waals surface area contributed by atoms with Gasteiger partial charge in [0, 0.05) is 61.5 Å². The summed E-state index contributed by atoms with van der Waals surface area (Å²) in [6, 6.07) is 10.7. The average molecular weight is 450 g/mol. The lowest BCUT2D eigenvalue weighted by Gasteiger charge is -2.21. The molecule has 7 nitrogen and oxygen atoms in total. The van der Waals surface area contributed by atoms with E-state index in [4.69, 9.17) is 18.0 Å². The van der Waals surface area contributed by atoms with E-state index in [0.29, 0.717) is 35.6 Å². The van der Waals surface area contributed by atoms with E-state index in [-0.39, 0.29) is 17.5 Å². The summed E-state index contributed by atoms with van der Waals surface area (Å²) in [5.74, 6) is 2.07. The smallest absolute Gasteiger partial charge is 0.274 e. The van der Waals surface area contributed by atoms with Crippen molar-refractivity contribution in [2.45, 2.75) is 19.3 Å². The van der Waals surface area contributed by atoms with Crippen LogP contribution in [-0.4, -0.2) is 41.9 Å². The molecule has 32 heavy (non-hydrogen) atoms. The Bertz CT molecular complexity index is 1160. The Balaban J connectivity index is 1.69. The van der Waals surface area contributed by atoms with Gasteiger partial charge in [0.1, 0.15) is 5.69 Å². The van der Waals surface area contributed by atoms with Crippen LogP contribution >= 0.6 is 11.6 Å². The van der Waals surface area contributed by atoms with Crippen molar-refractivity contribution in [2.75, 3.05) is 30.4 Å². The fraction of sp³-hybridized carbons (Fsp3) is 0.250. The zero-order chi connectivity index (χ0) is 22.9. The summed E-state index contributed by atoms with van der Waals surface area (Å²) >= 11 is 5.97. The number of carbonyl (C=O) groups excluding carboxylic acids is 2. The highest BCUT2D eigenvalue weighted by atomic mass is 35.5. The predicted octanol–water partition coefficient (Wildman–Crippen LogP) is 3.89. The van der Waals surface area contributed by atoms with Gasteiger partial charge in [0.05, 0.1) is 11.2 Å². The molecule has 0 fully saturated rings. The molecular weight excluding hydrogens is 426 g/mol. The van der Waals surface area contributed by atoms with Crippen LogP contribution in [0.2, 0.25) is 5.02 Å². The molecule has 0 bridgehead atoms. The number of amides is 2. The molecule has 0 saturated heterocycles. The summed E-state index contributed by atoms with van der Waals surface area (Å²) in [5, 5.41) is 7.10. The van der Waals surface area contributed by atoms with E-state index in [1.54, 1.807) is 18.3 Å². The number of aromatic nitrogens is 2. The molecule has 2 heterocycles. The molecular formula is C24H24ClN5O2. The van der Waals surface area contributed by atoms with Gasteiger partial charge in [0.2, 0.25) is 5.91 Å². The zero-order valence-corrected chi connectivity index (χ0v) is 18.5. The molecule has 2 N–H and O–H groups in total. The first kappa shape index (κ1) is 23.0. The molecule has 8 heteroatoms. The number of rotatable bonds is 9. The summed E-state index contributed by atoms with van der Waals surface area (Å²) < 4.78 is 0. The molecule has 2 amide bonds. The van der Waals surface area contributed by atoms with Crippen LogP contribution in [0.5, 0.6) is 0 Å². The second-order valence-corrected chi connectivity index (χ2v) is 7.61. The van der Waals surface area contributed by atoms with Gasteiger partial charge in [-0.3, -0.25) is 19.6 Å². The fourth-order valence-electron chi connectivity index (χ4n) is 3.25. The summed E-state index contributed by atoms with van der Waals surface area (Å²) in [6.07, 6.45) is 9.95. The Hall–Kier alpha value is -3.63. The van der Waals surface area contributed by atoms with Crippen molar-refractivity contribution in [1.82, 2.24) is 15.3 Å². The molecule has 0 unspecified atom stereocenters. The zero-order valence-electron chi connectivity index (χ0n) is 17.8. The summed E-state index contributed by atoms with van der Waals surface area (Å²) in [6.45, 7) is 1.31. The van der Waals surface area contributed by atoms with Crippen molar-refractivity contribution in [3.63, 3.8) is 0 Å². The number of pyridine rings is 2. The van der Waals surface area contributed by atoms with Crippen molar-refractivity contribution in [3.05, 3.63) is 59.5 Å². The van der Waals surface area contributed by atoms with Crippen LogP contribution in [0.4, 0.5) is 11.4 Å². The van der Waals surface area contributed by atoms with Gasteiger partial charge in [0.25, 0.3) is 5.91 Å². The molecule has 0 aliphatic carbocycles. The normalized spacial score (nSPS) is 10.4. The third-order valence-corrected chi connectivity index (χ3v) is 5.09. The molecule has 3 aromatic rings. The molecule has 164 valence electrons. The van der Waals surface area contributed by atoms with Crippen LogP contribution < -0.4 is 15.5 Å². The number of halogens is 1. The largest absolute Gasteiger partial charge is 0.374 e. The minimum absolute atomic E-state index is 0.0328. The lowest BCUT2D eigenvalue weighted by atomic mass is 10.1. The fourth-order valence-corrected chi connectivity index (χ4v) is 3.41. The maximum absolute atomic E-state index is 12.6. The molecule has 0 saturated carbocycles. The second-order valence-electron chi connectivity index (χ2n) is 7.17. The first-order chi connectivity index (χ1) is 15.5. The van der Waals surface area contributed by atoms with Gasteiger partial charge >= 0.3 is 0 Å². The molecule has 0 radical (unpaired) electrons. The van der Waals surface area contributed by atoms with Gasteiger partial charge in [-0.1, -0.05) is 23.7 Å².